The molecule has 1 saturated carbocycles. The van der Waals surface area contributed by atoms with Crippen LogP contribution in [0.4, 0.5) is 10.1 Å². The lowest BCUT2D eigenvalue weighted by Crippen LogP contribution is -2.47. The Morgan fingerprint density at radius 2 is 1.94 bits per heavy atom. The number of nitrogens with zero attached hydrogens (tertiary/aromatic N) is 4. The fraction of sp³-hybridized carbons (Fsp3) is 0.462. The number of aryl methyl sites for hydroxylation is 2. The molecule has 1 aliphatic heterocycles. The van der Waals surface area contributed by atoms with E-state index in [4.69, 9.17) is 0 Å². The molecule has 3 N–H and O–H groups in total. The van der Waals surface area contributed by atoms with Gasteiger partial charge in [0.05, 0.1) is 23.0 Å². The fourth-order valence-corrected chi connectivity index (χ4v) is 4.96. The van der Waals surface area contributed by atoms with E-state index in [1.807, 2.05) is 19.9 Å². The zero-order valence-corrected chi connectivity index (χ0v) is 20.6. The first-order valence-electron chi connectivity index (χ1n) is 12.5. The number of hydrogen-bond donors (Lipinski definition) is 3. The molecule has 3 aromatic rings. The quantitative estimate of drug-likeness (QED) is 0.480. The molecule has 3 heterocycles. The van der Waals surface area contributed by atoms with Crippen LogP contribution in [0.5, 0.6) is 0 Å². The van der Waals surface area contributed by atoms with Gasteiger partial charge in [0.2, 0.25) is 0 Å². The first-order chi connectivity index (χ1) is 17.3. The van der Waals surface area contributed by atoms with E-state index in [0.29, 0.717) is 42.7 Å². The molecule has 1 aliphatic carbocycles. The summed E-state index contributed by atoms with van der Waals surface area (Å²) >= 11 is 0. The minimum absolute atomic E-state index is 0.0174. The molecule has 0 unspecified atom stereocenters. The minimum Gasteiger partial charge on any atom is -0.393 e. The predicted octanol–water partition coefficient (Wildman–Crippen LogP) is 1.90. The third kappa shape index (κ3) is 4.96. The Kier molecular flexibility index (Phi) is 6.72. The molecule has 0 radical (unpaired) electrons. The van der Waals surface area contributed by atoms with Crippen LogP contribution in [0.25, 0.3) is 11.0 Å². The molecule has 2 aromatic heterocycles. The molecule has 10 heteroatoms. The van der Waals surface area contributed by atoms with Gasteiger partial charge in [0.25, 0.3) is 11.5 Å². The number of carbonyl (C=O) groups excluding carboxylic acids is 1. The van der Waals surface area contributed by atoms with E-state index in [9.17, 15) is 19.1 Å². The molecule has 36 heavy (non-hydrogen) atoms. The molecule has 2 aliphatic rings. The fourth-order valence-electron chi connectivity index (χ4n) is 4.96. The highest BCUT2D eigenvalue weighted by atomic mass is 19.1. The largest absolute Gasteiger partial charge is 0.393 e. The Balaban J connectivity index is 1.21. The van der Waals surface area contributed by atoms with E-state index in [2.05, 4.69) is 30.1 Å². The summed E-state index contributed by atoms with van der Waals surface area (Å²) in [6, 6.07) is 7.01. The number of nitrogens with one attached hydrogen (secondary N) is 2. The lowest BCUT2D eigenvalue weighted by molar-refractivity contribution is 0.0560. The van der Waals surface area contributed by atoms with Crippen LogP contribution in [0.15, 0.2) is 29.1 Å². The zero-order chi connectivity index (χ0) is 25.4. The molecule has 2 fully saturated rings. The van der Waals surface area contributed by atoms with Crippen molar-refractivity contribution in [2.75, 3.05) is 31.1 Å². The summed E-state index contributed by atoms with van der Waals surface area (Å²) in [6.07, 6.45) is 1.31. The molecule has 1 saturated heterocycles. The summed E-state index contributed by atoms with van der Waals surface area (Å²) in [7, 11) is 0. The SMILES string of the molecule is CCc1nc2c(F)cc(CN3CCN(c4ccc(C(=O)NC5CC(O)C5)nc4C)CC3)cc2[nH]c1=O. The summed E-state index contributed by atoms with van der Waals surface area (Å²) in [5.41, 5.74) is 3.65. The molecular weight excluding hydrogens is 463 g/mol. The average molecular weight is 495 g/mol. The number of aliphatic hydroxyl groups excluding tert-OH is 1. The first kappa shape index (κ1) is 24.3. The van der Waals surface area contributed by atoms with Crippen LogP contribution in [-0.2, 0) is 13.0 Å². The summed E-state index contributed by atoms with van der Waals surface area (Å²) in [4.78, 5) is 40.5. The van der Waals surface area contributed by atoms with E-state index in [-0.39, 0.29) is 29.1 Å². The maximum Gasteiger partial charge on any atom is 0.270 e. The summed E-state index contributed by atoms with van der Waals surface area (Å²) in [5, 5.41) is 12.3. The number of H-pyrrole nitrogens is 1. The number of hydrogen-bond acceptors (Lipinski definition) is 7. The van der Waals surface area contributed by atoms with Crippen LogP contribution >= 0.6 is 0 Å². The van der Waals surface area contributed by atoms with Crippen molar-refractivity contribution >= 4 is 22.6 Å². The van der Waals surface area contributed by atoms with E-state index < -0.39 is 5.82 Å². The monoisotopic (exact) mass is 494 g/mol. The second kappa shape index (κ2) is 9.94. The van der Waals surface area contributed by atoms with Gasteiger partial charge in [0.15, 0.2) is 5.82 Å². The normalized spacial score (nSPS) is 20.4. The maximum absolute atomic E-state index is 14.7. The number of halogens is 1. The van der Waals surface area contributed by atoms with Crippen molar-refractivity contribution in [2.45, 2.75) is 51.8 Å². The van der Waals surface area contributed by atoms with E-state index in [0.717, 1.165) is 43.1 Å². The molecular formula is C26H31FN6O3. The van der Waals surface area contributed by atoms with Gasteiger partial charge in [-0.1, -0.05) is 6.92 Å². The van der Waals surface area contributed by atoms with Gasteiger partial charge < -0.3 is 20.3 Å². The Morgan fingerprint density at radius 3 is 2.61 bits per heavy atom. The highest BCUT2D eigenvalue weighted by Gasteiger charge is 2.29. The molecule has 0 atom stereocenters. The van der Waals surface area contributed by atoms with Crippen LogP contribution in [0.3, 0.4) is 0 Å². The van der Waals surface area contributed by atoms with E-state index in [1.165, 1.54) is 6.07 Å². The lowest BCUT2D eigenvalue weighted by Gasteiger charge is -2.36. The molecule has 190 valence electrons. The molecule has 0 spiro atoms. The first-order valence-corrected chi connectivity index (χ1v) is 12.5. The van der Waals surface area contributed by atoms with Crippen LogP contribution in [-0.4, -0.2) is 69.2 Å². The number of aliphatic hydroxyl groups is 1. The van der Waals surface area contributed by atoms with Crippen molar-refractivity contribution in [1.29, 1.82) is 0 Å². The molecule has 1 aromatic carbocycles. The number of carbonyl (C=O) groups is 1. The number of benzene rings is 1. The van der Waals surface area contributed by atoms with Gasteiger partial charge in [-0.15, -0.1) is 0 Å². The van der Waals surface area contributed by atoms with Crippen LogP contribution < -0.4 is 15.8 Å². The average Bonchev–Trinajstić information content (AvgIpc) is 2.83. The second-order valence-corrected chi connectivity index (χ2v) is 9.70. The third-order valence-corrected chi connectivity index (χ3v) is 7.07. The van der Waals surface area contributed by atoms with Crippen LogP contribution in [0, 0.1) is 12.7 Å². The van der Waals surface area contributed by atoms with Crippen molar-refractivity contribution in [3.8, 4) is 0 Å². The molecule has 9 nitrogen and oxygen atoms in total. The number of rotatable bonds is 6. The van der Waals surface area contributed by atoms with Gasteiger partial charge in [0.1, 0.15) is 16.9 Å². The maximum atomic E-state index is 14.7. The zero-order valence-electron chi connectivity index (χ0n) is 20.6. The predicted molar refractivity (Wildman–Crippen MR) is 135 cm³/mol. The number of amides is 1. The number of pyridine rings is 1. The summed E-state index contributed by atoms with van der Waals surface area (Å²) < 4.78 is 14.7. The van der Waals surface area contributed by atoms with Crippen molar-refractivity contribution in [3.63, 3.8) is 0 Å². The molecule has 0 bridgehead atoms. The molecule has 1 amide bonds. The van der Waals surface area contributed by atoms with Crippen molar-refractivity contribution < 1.29 is 14.3 Å². The van der Waals surface area contributed by atoms with Crippen LogP contribution in [0.1, 0.15) is 47.2 Å². The topological polar surface area (TPSA) is 114 Å². The van der Waals surface area contributed by atoms with Crippen LogP contribution in [0.2, 0.25) is 0 Å². The number of fused-ring (bicyclic) bond motifs is 1. The van der Waals surface area contributed by atoms with Gasteiger partial charge >= 0.3 is 0 Å². The Bertz CT molecular complexity index is 1350. The number of piperazine rings is 1. The lowest BCUT2D eigenvalue weighted by atomic mass is 9.89. The highest BCUT2D eigenvalue weighted by Crippen LogP contribution is 2.23. The highest BCUT2D eigenvalue weighted by molar-refractivity contribution is 5.93. The number of aromatic nitrogens is 3. The van der Waals surface area contributed by atoms with Gasteiger partial charge in [-0.05, 0) is 56.0 Å². The second-order valence-electron chi connectivity index (χ2n) is 9.70. The standard InChI is InChI=1S/C26H31FN6O3/c1-3-20-25(35)31-22-11-16(10-19(27)24(22)30-20)14-32-6-8-33(9-7-32)23-5-4-21(28-15(23)2)26(36)29-17-12-18(34)13-17/h4-5,10-11,17-18,34H,3,6-9,12-14H2,1-2H3,(H,29,36)(H,31,35). The van der Waals surface area contributed by atoms with Gasteiger partial charge in [0, 0.05) is 38.8 Å². The van der Waals surface area contributed by atoms with Gasteiger partial charge in [-0.2, -0.15) is 0 Å². The van der Waals surface area contributed by atoms with Gasteiger partial charge in [-0.3, -0.25) is 14.5 Å². The summed E-state index contributed by atoms with van der Waals surface area (Å²) in [6.45, 7) is 7.43. The third-order valence-electron chi connectivity index (χ3n) is 7.07. The van der Waals surface area contributed by atoms with Gasteiger partial charge in [-0.25, -0.2) is 14.4 Å². The smallest absolute Gasteiger partial charge is 0.270 e. The van der Waals surface area contributed by atoms with Crippen molar-refractivity contribution in [1.82, 2.24) is 25.2 Å². The van der Waals surface area contributed by atoms with Crippen molar-refractivity contribution in [2.24, 2.45) is 0 Å². The Labute approximate surface area is 208 Å². The number of aromatic amines is 1. The minimum atomic E-state index is -0.425. The van der Waals surface area contributed by atoms with E-state index in [1.54, 1.807) is 12.1 Å². The number of anilines is 1. The summed E-state index contributed by atoms with van der Waals surface area (Å²) in [5.74, 6) is -0.636. The van der Waals surface area contributed by atoms with Crippen molar-refractivity contribution in [3.05, 3.63) is 63.1 Å². The Morgan fingerprint density at radius 1 is 1.19 bits per heavy atom. The Hall–Kier alpha value is -3.37. The molecule has 5 rings (SSSR count). The van der Waals surface area contributed by atoms with E-state index >= 15 is 0 Å².